The van der Waals surface area contributed by atoms with Crippen molar-refractivity contribution in [3.63, 3.8) is 0 Å². The molecule has 0 saturated carbocycles. The highest BCUT2D eigenvalue weighted by Gasteiger charge is 2.46. The SMILES string of the molecule is CCCC[C@H](C(=O)O)N1C(=O)c2c(Br)c(Br)c(Br)c(Br)c2C1=O. The summed E-state index contributed by atoms with van der Waals surface area (Å²) in [7, 11) is 0. The van der Waals surface area contributed by atoms with E-state index >= 15 is 0 Å². The molecule has 0 unspecified atom stereocenters. The van der Waals surface area contributed by atoms with Gasteiger partial charge < -0.3 is 5.11 Å². The Labute approximate surface area is 166 Å². The molecule has 1 aliphatic rings. The van der Waals surface area contributed by atoms with E-state index in [0.29, 0.717) is 24.3 Å². The number of imide groups is 1. The molecular formula is C14H11Br4NO4. The first-order valence-electron chi connectivity index (χ1n) is 6.70. The molecule has 2 rings (SSSR count). The van der Waals surface area contributed by atoms with Crippen LogP contribution in [-0.4, -0.2) is 33.8 Å². The fraction of sp³-hybridized carbons (Fsp3) is 0.357. The fourth-order valence-corrected chi connectivity index (χ4v) is 4.87. The zero-order chi connectivity index (χ0) is 17.5. The molecule has 1 atom stereocenters. The molecule has 1 aromatic carbocycles. The van der Waals surface area contributed by atoms with Crippen LogP contribution in [0.2, 0.25) is 0 Å². The summed E-state index contributed by atoms with van der Waals surface area (Å²) >= 11 is 13.3. The van der Waals surface area contributed by atoms with Crippen molar-refractivity contribution in [3.05, 3.63) is 29.0 Å². The van der Waals surface area contributed by atoms with E-state index in [1.54, 1.807) is 0 Å². The van der Waals surface area contributed by atoms with Crippen LogP contribution in [0, 0.1) is 0 Å². The van der Waals surface area contributed by atoms with Crippen molar-refractivity contribution in [3.8, 4) is 0 Å². The number of hydrogen-bond acceptors (Lipinski definition) is 3. The van der Waals surface area contributed by atoms with Crippen LogP contribution in [0.25, 0.3) is 0 Å². The molecule has 2 amide bonds. The second kappa shape index (κ2) is 7.33. The predicted octanol–water partition coefficient (Wildman–Crippen LogP) is 4.98. The number of fused-ring (bicyclic) bond motifs is 1. The number of halogens is 4. The van der Waals surface area contributed by atoms with E-state index in [2.05, 4.69) is 63.7 Å². The van der Waals surface area contributed by atoms with E-state index in [1.807, 2.05) is 6.92 Å². The Bertz CT molecular complexity index is 672. The molecule has 1 heterocycles. The minimum atomic E-state index is -1.18. The molecule has 5 nitrogen and oxygen atoms in total. The largest absolute Gasteiger partial charge is 0.480 e. The lowest BCUT2D eigenvalue weighted by Crippen LogP contribution is -2.44. The topological polar surface area (TPSA) is 74.7 Å². The van der Waals surface area contributed by atoms with Crippen LogP contribution in [0.15, 0.2) is 17.9 Å². The Kier molecular flexibility index (Phi) is 6.08. The Morgan fingerprint density at radius 1 is 1.00 bits per heavy atom. The highest BCUT2D eigenvalue weighted by Crippen LogP contribution is 2.45. The van der Waals surface area contributed by atoms with Gasteiger partial charge in [0, 0.05) is 17.9 Å². The minimum Gasteiger partial charge on any atom is -0.480 e. The number of hydrogen-bond donors (Lipinski definition) is 1. The summed E-state index contributed by atoms with van der Waals surface area (Å²) in [6, 6.07) is -1.17. The van der Waals surface area contributed by atoms with Gasteiger partial charge in [-0.2, -0.15) is 0 Å². The predicted molar refractivity (Wildman–Crippen MR) is 98.7 cm³/mol. The van der Waals surface area contributed by atoms with Gasteiger partial charge in [0.1, 0.15) is 6.04 Å². The van der Waals surface area contributed by atoms with Gasteiger partial charge in [-0.15, -0.1) is 0 Å². The molecule has 9 heteroatoms. The van der Waals surface area contributed by atoms with Crippen LogP contribution in [0.5, 0.6) is 0 Å². The smallest absolute Gasteiger partial charge is 0.326 e. The third-order valence-electron chi connectivity index (χ3n) is 3.56. The Morgan fingerprint density at radius 3 is 1.78 bits per heavy atom. The fourth-order valence-electron chi connectivity index (χ4n) is 2.41. The molecule has 0 aromatic heterocycles. The zero-order valence-electron chi connectivity index (χ0n) is 11.8. The average Bonchev–Trinajstić information content (AvgIpc) is 2.75. The van der Waals surface area contributed by atoms with Crippen LogP contribution in [0.4, 0.5) is 0 Å². The number of carboxylic acid groups (broad SMARTS) is 1. The summed E-state index contributed by atoms with van der Waals surface area (Å²) in [6.45, 7) is 1.92. The number of aliphatic carboxylic acids is 1. The van der Waals surface area contributed by atoms with Gasteiger partial charge in [0.15, 0.2) is 0 Å². The van der Waals surface area contributed by atoms with Crippen LogP contribution in [0.1, 0.15) is 46.9 Å². The maximum Gasteiger partial charge on any atom is 0.326 e. The molecule has 23 heavy (non-hydrogen) atoms. The molecule has 1 aromatic rings. The minimum absolute atomic E-state index is 0.166. The van der Waals surface area contributed by atoms with E-state index in [1.165, 1.54) is 0 Å². The molecule has 0 bridgehead atoms. The van der Waals surface area contributed by atoms with Crippen molar-refractivity contribution in [2.75, 3.05) is 0 Å². The van der Waals surface area contributed by atoms with E-state index in [0.717, 1.165) is 11.3 Å². The Morgan fingerprint density at radius 2 is 1.43 bits per heavy atom. The highest BCUT2D eigenvalue weighted by atomic mass is 79.9. The number of rotatable bonds is 5. The molecule has 0 saturated heterocycles. The van der Waals surface area contributed by atoms with Gasteiger partial charge in [0.2, 0.25) is 0 Å². The van der Waals surface area contributed by atoms with E-state index in [-0.39, 0.29) is 17.5 Å². The summed E-state index contributed by atoms with van der Waals surface area (Å²) in [6.07, 6.45) is 1.62. The van der Waals surface area contributed by atoms with Crippen LogP contribution in [0.3, 0.4) is 0 Å². The van der Waals surface area contributed by atoms with Crippen molar-refractivity contribution in [2.45, 2.75) is 32.2 Å². The molecule has 1 N–H and O–H groups in total. The third kappa shape index (κ3) is 3.17. The van der Waals surface area contributed by atoms with Gasteiger partial charge >= 0.3 is 5.97 Å². The molecule has 1 aliphatic heterocycles. The lowest BCUT2D eigenvalue weighted by Gasteiger charge is -2.22. The molecule has 0 spiro atoms. The monoisotopic (exact) mass is 573 g/mol. The summed E-state index contributed by atoms with van der Waals surface area (Å²) in [5.74, 6) is -2.39. The lowest BCUT2D eigenvalue weighted by atomic mass is 10.1. The van der Waals surface area contributed by atoms with Crippen molar-refractivity contribution in [2.24, 2.45) is 0 Å². The lowest BCUT2D eigenvalue weighted by molar-refractivity contribution is -0.141. The maximum atomic E-state index is 12.7. The zero-order valence-corrected chi connectivity index (χ0v) is 18.2. The normalized spacial score (nSPS) is 15.1. The molecule has 0 fully saturated rings. The molecule has 0 aliphatic carbocycles. The number of amides is 2. The van der Waals surface area contributed by atoms with E-state index < -0.39 is 23.8 Å². The summed E-state index contributed by atoms with van der Waals surface area (Å²) in [4.78, 5) is 37.8. The van der Waals surface area contributed by atoms with Gasteiger partial charge in [-0.1, -0.05) is 19.8 Å². The van der Waals surface area contributed by atoms with Gasteiger partial charge in [-0.05, 0) is 70.1 Å². The van der Waals surface area contributed by atoms with Crippen LogP contribution >= 0.6 is 63.7 Å². The number of carboxylic acids is 1. The van der Waals surface area contributed by atoms with Crippen molar-refractivity contribution in [1.82, 2.24) is 4.90 Å². The summed E-state index contributed by atoms with van der Waals surface area (Å²) < 4.78 is 1.99. The summed E-state index contributed by atoms with van der Waals surface area (Å²) in [5.41, 5.74) is 0.333. The second-order valence-electron chi connectivity index (χ2n) is 4.98. The quantitative estimate of drug-likeness (QED) is 0.305. The number of nitrogens with zero attached hydrogens (tertiary/aromatic N) is 1. The number of carbonyl (C=O) groups is 3. The van der Waals surface area contributed by atoms with Gasteiger partial charge in [-0.3, -0.25) is 14.5 Å². The van der Waals surface area contributed by atoms with Gasteiger partial charge in [0.05, 0.1) is 11.1 Å². The Hall–Kier alpha value is -0.250. The molecular weight excluding hydrogens is 566 g/mol. The number of unbranched alkanes of at least 4 members (excludes halogenated alkanes) is 1. The second-order valence-corrected chi connectivity index (χ2v) is 8.15. The first-order valence-corrected chi connectivity index (χ1v) is 9.87. The number of benzene rings is 1. The van der Waals surface area contributed by atoms with Crippen molar-refractivity contribution < 1.29 is 19.5 Å². The number of carbonyl (C=O) groups excluding carboxylic acids is 2. The summed E-state index contributed by atoms with van der Waals surface area (Å²) in [5, 5.41) is 9.43. The molecule has 124 valence electrons. The van der Waals surface area contributed by atoms with E-state index in [9.17, 15) is 19.5 Å². The van der Waals surface area contributed by atoms with Crippen LogP contribution in [-0.2, 0) is 4.79 Å². The first-order chi connectivity index (χ1) is 10.7. The standard InChI is InChI=1S/C14H11Br4NO4/c1-2-3-4-5(14(22)23)19-12(20)6-7(13(19)21)9(16)11(18)10(17)8(6)15/h5H,2-4H2,1H3,(H,22,23)/t5-/m1/s1. The van der Waals surface area contributed by atoms with Gasteiger partial charge in [-0.25, -0.2) is 4.79 Å². The van der Waals surface area contributed by atoms with E-state index in [4.69, 9.17) is 0 Å². The Balaban J connectivity index is 2.59. The third-order valence-corrected chi connectivity index (χ3v) is 8.33. The van der Waals surface area contributed by atoms with Crippen molar-refractivity contribution in [1.29, 1.82) is 0 Å². The van der Waals surface area contributed by atoms with Gasteiger partial charge in [0.25, 0.3) is 11.8 Å². The molecule has 0 radical (unpaired) electrons. The first kappa shape index (κ1) is 19.1. The highest BCUT2D eigenvalue weighted by molar-refractivity contribution is 9.15. The van der Waals surface area contributed by atoms with Crippen molar-refractivity contribution >= 4 is 81.5 Å². The maximum absolute atomic E-state index is 12.7. The average molecular weight is 577 g/mol. The van der Waals surface area contributed by atoms with Crippen LogP contribution < -0.4 is 0 Å².